The van der Waals surface area contributed by atoms with Crippen LogP contribution >= 0.6 is 0 Å². The molecule has 0 radical (unpaired) electrons. The second-order valence-electron chi connectivity index (χ2n) is 14.4. The average Bonchev–Trinajstić information content (AvgIpc) is 3.16. The molecule has 276 valence electrons. The monoisotopic (exact) mass is 710 g/mol. The number of fused-ring (bicyclic) bond motifs is 2. The van der Waals surface area contributed by atoms with Crippen molar-refractivity contribution in [2.24, 2.45) is 23.7 Å². The van der Waals surface area contributed by atoms with Crippen molar-refractivity contribution in [2.75, 3.05) is 13.2 Å². The third kappa shape index (κ3) is 8.56. The lowest BCUT2D eigenvalue weighted by Gasteiger charge is -2.26. The molecular formula is C42H50N2O8. The first-order valence-corrected chi connectivity index (χ1v) is 18.6. The standard InChI is InChI=1S/2C21H25NO4/c1-3-16-12(2)22-18-9-8-15(10-17(18)19(16)21(25)26)20(24)14-6-4-13(11-23)5-7-14;1-2-3-16-11-18(21(25)26)17-10-15(8-9-19(17)22-16)20(24)14-6-4-13(12-23)5-7-14/h8-10,13-14,23H,3-7,11H2,1-2H3,(H,25,26);8-11,13-14,23H,2-7,12H2,1H3,(H,25,26). The summed E-state index contributed by atoms with van der Waals surface area (Å²) in [6.07, 6.45) is 8.77. The Hall–Kier alpha value is -4.54. The van der Waals surface area contributed by atoms with E-state index in [9.17, 15) is 39.6 Å². The fourth-order valence-corrected chi connectivity index (χ4v) is 7.94. The number of aromatic carboxylic acids is 2. The molecule has 10 heteroatoms. The number of carbonyl (C=O) groups excluding carboxylic acids is 2. The minimum absolute atomic E-state index is 0.0455. The summed E-state index contributed by atoms with van der Waals surface area (Å²) in [5, 5.41) is 38.9. The maximum atomic E-state index is 12.9. The Morgan fingerprint density at radius 3 is 1.62 bits per heavy atom. The van der Waals surface area contributed by atoms with E-state index in [1.165, 1.54) is 0 Å². The molecule has 0 saturated heterocycles. The van der Waals surface area contributed by atoms with Crippen molar-refractivity contribution in [1.29, 1.82) is 0 Å². The number of rotatable bonds is 11. The van der Waals surface area contributed by atoms with Crippen LogP contribution in [0.1, 0.15) is 130 Å². The topological polar surface area (TPSA) is 175 Å². The van der Waals surface area contributed by atoms with E-state index in [1.54, 1.807) is 42.5 Å². The van der Waals surface area contributed by atoms with Crippen molar-refractivity contribution in [3.05, 3.63) is 81.7 Å². The highest BCUT2D eigenvalue weighted by molar-refractivity contribution is 6.08. The fraction of sp³-hybridized carbons (Fsp3) is 0.476. The minimum Gasteiger partial charge on any atom is -0.478 e. The van der Waals surface area contributed by atoms with E-state index < -0.39 is 11.9 Å². The molecule has 0 aliphatic heterocycles. The second kappa shape index (κ2) is 17.3. The number of carbonyl (C=O) groups is 4. The molecule has 4 aromatic rings. The van der Waals surface area contributed by atoms with Crippen LogP contribution in [0.3, 0.4) is 0 Å². The van der Waals surface area contributed by atoms with Gasteiger partial charge in [0.05, 0.1) is 22.2 Å². The Kier molecular flexibility index (Phi) is 12.9. The van der Waals surface area contributed by atoms with Gasteiger partial charge in [-0.1, -0.05) is 20.3 Å². The molecule has 0 atom stereocenters. The van der Waals surface area contributed by atoms with Gasteiger partial charge in [0.25, 0.3) is 0 Å². The van der Waals surface area contributed by atoms with Gasteiger partial charge in [0.2, 0.25) is 0 Å². The molecule has 0 bridgehead atoms. The zero-order valence-corrected chi connectivity index (χ0v) is 30.4. The van der Waals surface area contributed by atoms with Crippen LogP contribution in [0, 0.1) is 30.6 Å². The number of aliphatic hydroxyl groups is 2. The predicted molar refractivity (Wildman–Crippen MR) is 199 cm³/mol. The summed E-state index contributed by atoms with van der Waals surface area (Å²) in [5.41, 5.74) is 5.01. The summed E-state index contributed by atoms with van der Waals surface area (Å²) in [5.74, 6) is -1.34. The van der Waals surface area contributed by atoms with Crippen molar-refractivity contribution < 1.29 is 39.6 Å². The van der Waals surface area contributed by atoms with E-state index in [0.717, 1.165) is 81.2 Å². The highest BCUT2D eigenvalue weighted by Crippen LogP contribution is 2.34. The quantitative estimate of drug-likeness (QED) is 0.113. The number of aliphatic hydroxyl groups excluding tert-OH is 2. The minimum atomic E-state index is -0.997. The van der Waals surface area contributed by atoms with Crippen molar-refractivity contribution in [3.8, 4) is 0 Å². The molecule has 2 aliphatic rings. The zero-order valence-electron chi connectivity index (χ0n) is 30.4. The summed E-state index contributed by atoms with van der Waals surface area (Å²) in [7, 11) is 0. The predicted octanol–water partition coefficient (Wildman–Crippen LogP) is 7.65. The Morgan fingerprint density at radius 2 is 1.17 bits per heavy atom. The normalized spacial score (nSPS) is 20.2. The van der Waals surface area contributed by atoms with Crippen LogP contribution in [-0.4, -0.2) is 67.1 Å². The number of pyridine rings is 2. The molecule has 2 aromatic carbocycles. The van der Waals surface area contributed by atoms with Gasteiger partial charge in [-0.2, -0.15) is 0 Å². The lowest BCUT2D eigenvalue weighted by Crippen LogP contribution is -2.23. The molecule has 2 fully saturated rings. The van der Waals surface area contributed by atoms with Crippen LogP contribution in [-0.2, 0) is 12.8 Å². The van der Waals surface area contributed by atoms with E-state index in [1.807, 2.05) is 20.8 Å². The molecule has 0 amide bonds. The Labute approximate surface area is 304 Å². The second-order valence-corrected chi connectivity index (χ2v) is 14.4. The molecule has 2 heterocycles. The summed E-state index contributed by atoms with van der Waals surface area (Å²) >= 11 is 0. The van der Waals surface area contributed by atoms with Crippen LogP contribution in [0.5, 0.6) is 0 Å². The molecule has 2 aliphatic carbocycles. The lowest BCUT2D eigenvalue weighted by molar-refractivity contribution is 0.0687. The molecular weight excluding hydrogens is 660 g/mol. The maximum Gasteiger partial charge on any atom is 0.336 e. The molecule has 4 N–H and O–H groups in total. The van der Waals surface area contributed by atoms with Crippen LogP contribution in [0.25, 0.3) is 21.8 Å². The number of benzene rings is 2. The van der Waals surface area contributed by atoms with Crippen molar-refractivity contribution >= 4 is 45.3 Å². The number of nitrogens with zero attached hydrogens (tertiary/aromatic N) is 2. The molecule has 10 nitrogen and oxygen atoms in total. The largest absolute Gasteiger partial charge is 0.478 e. The third-order valence-electron chi connectivity index (χ3n) is 11.0. The van der Waals surface area contributed by atoms with Gasteiger partial charge in [0.15, 0.2) is 11.6 Å². The van der Waals surface area contributed by atoms with Crippen molar-refractivity contribution in [1.82, 2.24) is 9.97 Å². The van der Waals surface area contributed by atoms with Gasteiger partial charge in [-0.25, -0.2) is 9.59 Å². The number of carboxylic acids is 2. The van der Waals surface area contributed by atoms with Gasteiger partial charge in [0.1, 0.15) is 0 Å². The van der Waals surface area contributed by atoms with Gasteiger partial charge in [-0.05, 0) is 131 Å². The zero-order chi connectivity index (χ0) is 37.5. The van der Waals surface area contributed by atoms with E-state index in [0.29, 0.717) is 51.2 Å². The SMILES string of the molecule is CCCc1cc(C(=O)O)c2cc(C(=O)C3CCC(CO)CC3)ccc2n1.CCc1c(C)nc2ccc(C(=O)C3CCC(CO)CC3)cc2c1C(=O)O. The molecule has 2 saturated carbocycles. The average molecular weight is 711 g/mol. The molecule has 2 aromatic heterocycles. The van der Waals surface area contributed by atoms with E-state index >= 15 is 0 Å². The molecule has 52 heavy (non-hydrogen) atoms. The Balaban J connectivity index is 0.000000201. The maximum absolute atomic E-state index is 12.9. The van der Waals surface area contributed by atoms with Gasteiger partial charge < -0.3 is 20.4 Å². The third-order valence-corrected chi connectivity index (χ3v) is 11.0. The fourth-order valence-electron chi connectivity index (χ4n) is 7.94. The number of aromatic nitrogens is 2. The van der Waals surface area contributed by atoms with E-state index in [-0.39, 0.29) is 47.7 Å². The Bertz CT molecular complexity index is 1960. The summed E-state index contributed by atoms with van der Waals surface area (Å²) in [6, 6.07) is 12.0. The Morgan fingerprint density at radius 1 is 0.673 bits per heavy atom. The van der Waals surface area contributed by atoms with Crippen LogP contribution < -0.4 is 0 Å². The van der Waals surface area contributed by atoms with Crippen molar-refractivity contribution in [2.45, 2.75) is 91.4 Å². The molecule has 0 spiro atoms. The van der Waals surface area contributed by atoms with E-state index in [2.05, 4.69) is 9.97 Å². The number of ketones is 2. The van der Waals surface area contributed by atoms with Gasteiger partial charge >= 0.3 is 11.9 Å². The smallest absolute Gasteiger partial charge is 0.336 e. The number of hydrogen-bond donors (Lipinski definition) is 4. The van der Waals surface area contributed by atoms with Crippen LogP contribution in [0.2, 0.25) is 0 Å². The molecule has 6 rings (SSSR count). The highest BCUT2D eigenvalue weighted by atomic mass is 16.4. The highest BCUT2D eigenvalue weighted by Gasteiger charge is 2.29. The number of aryl methyl sites for hydroxylation is 2. The summed E-state index contributed by atoms with van der Waals surface area (Å²) < 4.78 is 0. The molecule has 0 unspecified atom stereocenters. The van der Waals surface area contributed by atoms with Crippen molar-refractivity contribution in [3.63, 3.8) is 0 Å². The number of carboxylic acid groups (broad SMARTS) is 2. The number of Topliss-reactive ketones (excluding diaryl/α,β-unsaturated/α-hetero) is 2. The van der Waals surface area contributed by atoms with E-state index in [4.69, 9.17) is 0 Å². The van der Waals surface area contributed by atoms with Gasteiger partial charge in [-0.3, -0.25) is 19.6 Å². The van der Waals surface area contributed by atoms with Gasteiger partial charge in [0, 0.05) is 58.3 Å². The lowest BCUT2D eigenvalue weighted by atomic mass is 9.79. The van der Waals surface area contributed by atoms with Gasteiger partial charge in [-0.15, -0.1) is 0 Å². The van der Waals surface area contributed by atoms with Crippen LogP contribution in [0.15, 0.2) is 42.5 Å². The number of hydrogen-bond acceptors (Lipinski definition) is 8. The van der Waals surface area contributed by atoms with Crippen LogP contribution in [0.4, 0.5) is 0 Å². The first-order valence-electron chi connectivity index (χ1n) is 18.6. The summed E-state index contributed by atoms with van der Waals surface area (Å²) in [4.78, 5) is 58.4. The first kappa shape index (κ1) is 38.7. The first-order chi connectivity index (χ1) is 25.0. The summed E-state index contributed by atoms with van der Waals surface area (Å²) in [6.45, 7) is 6.13.